The van der Waals surface area contributed by atoms with Crippen molar-refractivity contribution in [2.75, 3.05) is 0 Å². The first-order valence-electron chi connectivity index (χ1n) is 26.8. The summed E-state index contributed by atoms with van der Waals surface area (Å²) < 4.78 is 221. The van der Waals surface area contributed by atoms with Gasteiger partial charge < -0.3 is 8.83 Å². The summed E-state index contributed by atoms with van der Waals surface area (Å²) in [5, 5.41) is -0.432. The average Bonchev–Trinajstić information content (AvgIpc) is 3.96. The predicted molar refractivity (Wildman–Crippen MR) is 204 cm³/mol. The molecule has 0 unspecified atom stereocenters. The standard InChI is InChI=1S/C46H28N2O2/c1-2-9-29(10-3-1)32-11-6-12-33(25-32)30-19-21-31(22-20-30)34-23-24-42-40(27-34)44-46(50-42)43(47-28-48-44)36-14-7-13-35(26-36)37-16-8-17-39-38-15-4-5-18-41(38)49-45(37)39/h1-28H/i1D,2D,3D,4D,5D,6D,7D,8D,9D,10D,11D,12D,13D,14D,15D,16D,17D,18D,19D,20D,21D,22D,25D,26D. The molecule has 10 rings (SSSR count). The van der Waals surface area contributed by atoms with Crippen LogP contribution in [0, 0.1) is 0 Å². The van der Waals surface area contributed by atoms with Gasteiger partial charge in [-0.15, -0.1) is 0 Å². The third kappa shape index (κ3) is 4.69. The zero-order valence-electron chi connectivity index (χ0n) is 49.0. The third-order valence-electron chi connectivity index (χ3n) is 7.84. The van der Waals surface area contributed by atoms with Crippen LogP contribution in [-0.4, -0.2) is 9.97 Å². The van der Waals surface area contributed by atoms with E-state index in [2.05, 4.69) is 9.97 Å². The maximum absolute atomic E-state index is 9.50. The lowest BCUT2D eigenvalue weighted by atomic mass is 9.97. The number of para-hydroxylation sites is 2. The van der Waals surface area contributed by atoms with E-state index < -0.39 is 195 Å². The largest absolute Gasteiger partial charge is 0.455 e. The summed E-state index contributed by atoms with van der Waals surface area (Å²) in [5.74, 6) is 0. The lowest BCUT2D eigenvalue weighted by Gasteiger charge is -2.08. The van der Waals surface area contributed by atoms with Crippen LogP contribution in [0.4, 0.5) is 0 Å². The van der Waals surface area contributed by atoms with Crippen LogP contribution in [-0.2, 0) is 0 Å². The first kappa shape index (κ1) is 13.3. The van der Waals surface area contributed by atoms with E-state index in [-0.39, 0.29) is 49.7 Å². The van der Waals surface area contributed by atoms with E-state index in [9.17, 15) is 1.37 Å². The maximum Gasteiger partial charge on any atom is 0.180 e. The van der Waals surface area contributed by atoms with E-state index in [0.717, 1.165) is 6.33 Å². The van der Waals surface area contributed by atoms with Crippen LogP contribution >= 0.6 is 0 Å². The number of fused-ring (bicyclic) bond motifs is 6. The molecule has 4 nitrogen and oxygen atoms in total. The van der Waals surface area contributed by atoms with Gasteiger partial charge in [-0.05, 0) is 69.2 Å². The minimum absolute atomic E-state index is 0.00749. The van der Waals surface area contributed by atoms with Gasteiger partial charge in [0.1, 0.15) is 34.3 Å². The van der Waals surface area contributed by atoms with Crippen molar-refractivity contribution in [1.29, 1.82) is 0 Å². The van der Waals surface area contributed by atoms with Crippen molar-refractivity contribution in [2.45, 2.75) is 0 Å². The van der Waals surface area contributed by atoms with Gasteiger partial charge in [0.15, 0.2) is 5.58 Å². The molecule has 50 heavy (non-hydrogen) atoms. The Bertz CT molecular complexity index is 4200. The van der Waals surface area contributed by atoms with Crippen LogP contribution in [0.15, 0.2) is 178 Å². The molecule has 3 heterocycles. The molecule has 0 atom stereocenters. The number of hydrogen-bond donors (Lipinski definition) is 0. The molecule has 0 saturated heterocycles. The molecule has 0 saturated carbocycles. The molecule has 0 fully saturated rings. The van der Waals surface area contributed by atoms with Gasteiger partial charge >= 0.3 is 0 Å². The van der Waals surface area contributed by atoms with Gasteiger partial charge in [0.25, 0.3) is 0 Å². The molecule has 0 aliphatic heterocycles. The summed E-state index contributed by atoms with van der Waals surface area (Å²) in [6.07, 6.45) is 1.03. The second-order valence-corrected chi connectivity index (χ2v) is 10.7. The predicted octanol–water partition coefficient (Wildman–Crippen LogP) is 12.6. The van der Waals surface area contributed by atoms with Crippen LogP contribution < -0.4 is 0 Å². The second-order valence-electron chi connectivity index (χ2n) is 10.7. The Balaban J connectivity index is 1.16. The summed E-state index contributed by atoms with van der Waals surface area (Å²) in [5.41, 5.74) is -5.54. The Morgan fingerprint density at radius 3 is 1.88 bits per heavy atom. The zero-order valence-corrected chi connectivity index (χ0v) is 25.0. The Morgan fingerprint density at radius 1 is 0.420 bits per heavy atom. The van der Waals surface area contributed by atoms with Gasteiger partial charge in [0, 0.05) is 27.3 Å². The molecule has 4 heteroatoms. The summed E-state index contributed by atoms with van der Waals surface area (Å²) in [7, 11) is 0. The quantitative estimate of drug-likeness (QED) is 0.184. The molecule has 7 aromatic carbocycles. The Labute approximate surface area is 321 Å². The zero-order chi connectivity index (χ0) is 53.9. The number of rotatable bonds is 5. The van der Waals surface area contributed by atoms with Crippen molar-refractivity contribution >= 4 is 44.0 Å². The number of furan rings is 2. The van der Waals surface area contributed by atoms with E-state index in [4.69, 9.17) is 40.4 Å². The summed E-state index contributed by atoms with van der Waals surface area (Å²) in [6, 6.07) is -14.0. The van der Waals surface area contributed by atoms with E-state index in [1.165, 1.54) is 18.2 Å². The number of nitrogens with zero attached hydrogens (tertiary/aromatic N) is 2. The topological polar surface area (TPSA) is 52.1 Å². The average molecular weight is 665 g/mol. The fourth-order valence-electron chi connectivity index (χ4n) is 5.55. The third-order valence-corrected chi connectivity index (χ3v) is 7.84. The smallest absolute Gasteiger partial charge is 0.180 e. The molecule has 0 amide bonds. The highest BCUT2D eigenvalue weighted by Crippen LogP contribution is 2.39. The van der Waals surface area contributed by atoms with Crippen LogP contribution in [0.25, 0.3) is 99.8 Å². The lowest BCUT2D eigenvalue weighted by molar-refractivity contribution is 0.667. The van der Waals surface area contributed by atoms with Gasteiger partial charge in [-0.1, -0.05) is 133 Å². The normalized spacial score (nSPS) is 18.3. The van der Waals surface area contributed by atoms with Crippen molar-refractivity contribution < 1.29 is 41.7 Å². The number of benzene rings is 7. The van der Waals surface area contributed by atoms with Crippen molar-refractivity contribution in [3.8, 4) is 55.8 Å². The van der Waals surface area contributed by atoms with Crippen LogP contribution in [0.3, 0.4) is 0 Å². The van der Waals surface area contributed by atoms with Crippen molar-refractivity contribution in [3.05, 3.63) is 170 Å². The minimum atomic E-state index is -0.882. The van der Waals surface area contributed by atoms with Crippen molar-refractivity contribution in [1.82, 2.24) is 9.97 Å². The Morgan fingerprint density at radius 2 is 1.04 bits per heavy atom. The molecule has 234 valence electrons. The van der Waals surface area contributed by atoms with Gasteiger partial charge in [-0.3, -0.25) is 0 Å². The van der Waals surface area contributed by atoms with Gasteiger partial charge in [-0.2, -0.15) is 0 Å². The SMILES string of the molecule is [2H]c1c([2H])c([2H])c(-c2c([2H])c([2H])c([2H])c(-c3c([2H])c([2H])c(-c4ccc5oc6c(-c7c([2H])c([2H])c([2H])c(-c8c([2H])c([2H])c([2H])c9c8oc8c([2H])c([2H])c([2H])c([2H])c89)c7[2H])ncnc6c5c4)c([2H])c3[2H])c2[2H])c([2H])c1[2H]. The molecule has 0 bridgehead atoms. The molecule has 0 radical (unpaired) electrons. The van der Waals surface area contributed by atoms with Gasteiger partial charge in [-0.25, -0.2) is 9.97 Å². The Kier molecular flexibility index (Phi) is 3.03. The highest BCUT2D eigenvalue weighted by atomic mass is 16.3. The minimum Gasteiger partial charge on any atom is -0.455 e. The molecule has 0 aliphatic rings. The molecule has 3 aromatic heterocycles. The van der Waals surface area contributed by atoms with E-state index >= 15 is 0 Å². The van der Waals surface area contributed by atoms with E-state index in [1.54, 1.807) is 0 Å². The van der Waals surface area contributed by atoms with Crippen LogP contribution in [0.2, 0.25) is 0 Å². The lowest BCUT2D eigenvalue weighted by Crippen LogP contribution is -1.88. The number of hydrogen-bond acceptors (Lipinski definition) is 4. The van der Waals surface area contributed by atoms with Crippen molar-refractivity contribution in [2.24, 2.45) is 0 Å². The van der Waals surface area contributed by atoms with E-state index in [1.807, 2.05) is 0 Å². The van der Waals surface area contributed by atoms with Gasteiger partial charge in [0.2, 0.25) is 0 Å². The molecular weight excluding hydrogens is 613 g/mol. The first-order chi connectivity index (χ1) is 34.8. The molecule has 0 spiro atoms. The first-order valence-corrected chi connectivity index (χ1v) is 14.8. The van der Waals surface area contributed by atoms with E-state index in [0.29, 0.717) is 0 Å². The maximum atomic E-state index is 9.50. The highest BCUT2D eigenvalue weighted by Gasteiger charge is 2.18. The Hall–Kier alpha value is -6.78. The fourth-order valence-corrected chi connectivity index (χ4v) is 5.55. The fraction of sp³-hybridized carbons (Fsp3) is 0. The van der Waals surface area contributed by atoms with Crippen LogP contribution in [0.1, 0.15) is 32.9 Å². The molecule has 10 aromatic rings. The van der Waals surface area contributed by atoms with Crippen LogP contribution in [0.5, 0.6) is 0 Å². The molecule has 0 N–H and O–H groups in total. The number of aromatic nitrogens is 2. The molecule has 0 aliphatic carbocycles. The summed E-state index contributed by atoms with van der Waals surface area (Å²) in [4.78, 5) is 8.67. The summed E-state index contributed by atoms with van der Waals surface area (Å²) in [6.45, 7) is 0. The van der Waals surface area contributed by atoms with Crippen molar-refractivity contribution in [3.63, 3.8) is 0 Å². The molecular formula is C46H28N2O2. The monoisotopic (exact) mass is 664 g/mol. The summed E-state index contributed by atoms with van der Waals surface area (Å²) >= 11 is 0. The highest BCUT2D eigenvalue weighted by molar-refractivity contribution is 6.10. The second kappa shape index (κ2) is 11.4. The van der Waals surface area contributed by atoms with Gasteiger partial charge in [0.05, 0.1) is 32.9 Å².